The van der Waals surface area contributed by atoms with Crippen LogP contribution in [0.25, 0.3) is 0 Å². The van der Waals surface area contributed by atoms with Gasteiger partial charge in [0, 0.05) is 24.8 Å². The summed E-state index contributed by atoms with van der Waals surface area (Å²) < 4.78 is 6.13. The van der Waals surface area contributed by atoms with E-state index in [9.17, 15) is 0 Å². The van der Waals surface area contributed by atoms with Gasteiger partial charge in [0.2, 0.25) is 0 Å². The van der Waals surface area contributed by atoms with Gasteiger partial charge < -0.3 is 15.4 Å². The van der Waals surface area contributed by atoms with Crippen molar-refractivity contribution >= 4 is 5.69 Å². The molecule has 112 valence electrons. The van der Waals surface area contributed by atoms with Crippen molar-refractivity contribution in [2.24, 2.45) is 5.73 Å². The lowest BCUT2D eigenvalue weighted by atomic mass is 9.97. The van der Waals surface area contributed by atoms with E-state index in [1.807, 2.05) is 0 Å². The van der Waals surface area contributed by atoms with Gasteiger partial charge in [-0.3, -0.25) is 0 Å². The molecule has 1 aliphatic rings. The second-order valence-corrected chi connectivity index (χ2v) is 7.08. The molecule has 1 unspecified atom stereocenters. The summed E-state index contributed by atoms with van der Waals surface area (Å²) in [4.78, 5) is 2.41. The first-order chi connectivity index (χ1) is 9.22. The molecule has 3 nitrogen and oxygen atoms in total. The highest BCUT2D eigenvalue weighted by atomic mass is 16.5. The van der Waals surface area contributed by atoms with Gasteiger partial charge in [0.25, 0.3) is 0 Å². The van der Waals surface area contributed by atoms with Crippen LogP contribution in [0.4, 0.5) is 5.69 Å². The van der Waals surface area contributed by atoms with Gasteiger partial charge in [-0.1, -0.05) is 19.1 Å². The van der Waals surface area contributed by atoms with E-state index in [1.54, 1.807) is 0 Å². The third-order valence-corrected chi connectivity index (χ3v) is 3.82. The minimum atomic E-state index is -0.125. The maximum atomic E-state index is 6.13. The van der Waals surface area contributed by atoms with Crippen molar-refractivity contribution in [2.45, 2.75) is 58.3 Å². The van der Waals surface area contributed by atoms with E-state index in [0.29, 0.717) is 0 Å². The Morgan fingerprint density at radius 3 is 2.05 bits per heavy atom. The zero-order valence-electron chi connectivity index (χ0n) is 13.4. The molecule has 0 aliphatic carbocycles. The van der Waals surface area contributed by atoms with E-state index < -0.39 is 0 Å². The van der Waals surface area contributed by atoms with Gasteiger partial charge >= 0.3 is 0 Å². The Labute approximate surface area is 123 Å². The number of ether oxygens (including phenoxy) is 1. The van der Waals surface area contributed by atoms with E-state index in [4.69, 9.17) is 10.5 Å². The molecule has 1 saturated heterocycles. The summed E-state index contributed by atoms with van der Waals surface area (Å²) in [5.41, 5.74) is 8.29. The van der Waals surface area contributed by atoms with Crippen molar-refractivity contribution in [3.63, 3.8) is 0 Å². The van der Waals surface area contributed by atoms with Crippen LogP contribution >= 0.6 is 0 Å². The highest BCUT2D eigenvalue weighted by Crippen LogP contribution is 2.31. The number of nitrogens with zero attached hydrogens (tertiary/aromatic N) is 1. The Morgan fingerprint density at radius 1 is 1.10 bits per heavy atom. The molecule has 1 aromatic rings. The summed E-state index contributed by atoms with van der Waals surface area (Å²) >= 11 is 0. The van der Waals surface area contributed by atoms with Crippen LogP contribution in [-0.2, 0) is 4.74 Å². The predicted molar refractivity (Wildman–Crippen MR) is 85.1 cm³/mol. The molecule has 0 bridgehead atoms. The van der Waals surface area contributed by atoms with Crippen LogP contribution in [0.15, 0.2) is 24.3 Å². The molecule has 2 N–H and O–H groups in total. The highest BCUT2D eigenvalue weighted by molar-refractivity contribution is 5.49. The van der Waals surface area contributed by atoms with E-state index in [1.165, 1.54) is 11.3 Å². The van der Waals surface area contributed by atoms with Crippen LogP contribution in [0, 0.1) is 0 Å². The Hall–Kier alpha value is -1.06. The number of hydrogen-bond acceptors (Lipinski definition) is 3. The van der Waals surface area contributed by atoms with Gasteiger partial charge in [-0.15, -0.1) is 0 Å². The van der Waals surface area contributed by atoms with Gasteiger partial charge in [-0.25, -0.2) is 0 Å². The molecule has 0 amide bonds. The summed E-state index contributed by atoms with van der Waals surface area (Å²) in [5, 5.41) is 0. The monoisotopic (exact) mass is 276 g/mol. The second kappa shape index (κ2) is 5.38. The minimum Gasteiger partial charge on any atom is -0.366 e. The molecule has 0 saturated carbocycles. The average molecular weight is 276 g/mol. The van der Waals surface area contributed by atoms with Crippen LogP contribution in [0.5, 0.6) is 0 Å². The summed E-state index contributed by atoms with van der Waals surface area (Å²) in [7, 11) is 0. The lowest BCUT2D eigenvalue weighted by molar-refractivity contribution is -0.133. The molecule has 0 spiro atoms. The standard InChI is InChI=1S/C17H28N2O/c1-6-15(18)13-7-9-14(10-8-13)19-11-16(2,3)20-17(4,5)12-19/h7-10,15H,6,11-12,18H2,1-5H3. The van der Waals surface area contributed by atoms with E-state index >= 15 is 0 Å². The lowest BCUT2D eigenvalue weighted by Crippen LogP contribution is -2.57. The summed E-state index contributed by atoms with van der Waals surface area (Å²) in [6.45, 7) is 12.6. The van der Waals surface area contributed by atoms with Crippen LogP contribution in [0.2, 0.25) is 0 Å². The molecule has 2 rings (SSSR count). The molecule has 1 atom stereocenters. The summed E-state index contributed by atoms with van der Waals surface area (Å²) in [5.74, 6) is 0. The zero-order valence-corrected chi connectivity index (χ0v) is 13.4. The van der Waals surface area contributed by atoms with Gasteiger partial charge in [0.1, 0.15) is 0 Å². The fraction of sp³-hybridized carbons (Fsp3) is 0.647. The molecule has 0 radical (unpaired) electrons. The average Bonchev–Trinajstić information content (AvgIpc) is 2.34. The third-order valence-electron chi connectivity index (χ3n) is 3.82. The molecular weight excluding hydrogens is 248 g/mol. The van der Waals surface area contributed by atoms with Gasteiger partial charge in [-0.05, 0) is 51.8 Å². The third kappa shape index (κ3) is 3.53. The first kappa shape index (κ1) is 15.3. The quantitative estimate of drug-likeness (QED) is 0.918. The fourth-order valence-electron chi connectivity index (χ4n) is 3.14. The number of benzene rings is 1. The molecule has 1 aromatic carbocycles. The number of anilines is 1. The zero-order chi connectivity index (χ0) is 15.0. The number of rotatable bonds is 3. The molecular formula is C17H28N2O. The van der Waals surface area contributed by atoms with Crippen LogP contribution in [0.1, 0.15) is 52.6 Å². The molecule has 1 heterocycles. The van der Waals surface area contributed by atoms with Crippen molar-refractivity contribution in [3.05, 3.63) is 29.8 Å². The van der Waals surface area contributed by atoms with E-state index in [-0.39, 0.29) is 17.2 Å². The largest absolute Gasteiger partial charge is 0.366 e. The number of nitrogens with two attached hydrogens (primary N) is 1. The molecule has 1 fully saturated rings. The Bertz CT molecular complexity index is 435. The summed E-state index contributed by atoms with van der Waals surface area (Å²) in [6.07, 6.45) is 0.969. The van der Waals surface area contributed by atoms with E-state index in [2.05, 4.69) is 63.8 Å². The molecule has 20 heavy (non-hydrogen) atoms. The van der Waals surface area contributed by atoms with E-state index in [0.717, 1.165) is 19.5 Å². The predicted octanol–water partition coefficient (Wildman–Crippen LogP) is 3.49. The first-order valence-corrected chi connectivity index (χ1v) is 7.53. The van der Waals surface area contributed by atoms with Gasteiger partial charge in [-0.2, -0.15) is 0 Å². The summed E-state index contributed by atoms with van der Waals surface area (Å²) in [6, 6.07) is 8.81. The number of morpholine rings is 1. The Morgan fingerprint density at radius 2 is 1.60 bits per heavy atom. The minimum absolute atomic E-state index is 0.125. The van der Waals surface area contributed by atoms with Crippen molar-refractivity contribution < 1.29 is 4.74 Å². The van der Waals surface area contributed by atoms with Crippen LogP contribution in [-0.4, -0.2) is 24.3 Å². The normalized spacial score (nSPS) is 22.6. The maximum absolute atomic E-state index is 6.13. The van der Waals surface area contributed by atoms with Gasteiger partial charge in [0.05, 0.1) is 11.2 Å². The van der Waals surface area contributed by atoms with Crippen molar-refractivity contribution in [2.75, 3.05) is 18.0 Å². The first-order valence-electron chi connectivity index (χ1n) is 7.53. The Kier molecular flexibility index (Phi) is 4.12. The molecule has 1 aliphatic heterocycles. The lowest BCUT2D eigenvalue weighted by Gasteiger charge is -2.48. The topological polar surface area (TPSA) is 38.5 Å². The van der Waals surface area contributed by atoms with Crippen molar-refractivity contribution in [1.82, 2.24) is 0 Å². The highest BCUT2D eigenvalue weighted by Gasteiger charge is 2.38. The molecule has 3 heteroatoms. The second-order valence-electron chi connectivity index (χ2n) is 7.08. The maximum Gasteiger partial charge on any atom is 0.0808 e. The van der Waals surface area contributed by atoms with Crippen LogP contribution in [0.3, 0.4) is 0 Å². The van der Waals surface area contributed by atoms with Crippen molar-refractivity contribution in [3.8, 4) is 0 Å². The fourth-order valence-corrected chi connectivity index (χ4v) is 3.14. The van der Waals surface area contributed by atoms with Gasteiger partial charge in [0.15, 0.2) is 0 Å². The Balaban J connectivity index is 2.18. The number of hydrogen-bond donors (Lipinski definition) is 1. The van der Waals surface area contributed by atoms with Crippen molar-refractivity contribution in [1.29, 1.82) is 0 Å². The molecule has 0 aromatic heterocycles. The smallest absolute Gasteiger partial charge is 0.0808 e. The SMILES string of the molecule is CCC(N)c1ccc(N2CC(C)(C)OC(C)(C)C2)cc1. The van der Waals surface area contributed by atoms with Crippen LogP contribution < -0.4 is 10.6 Å².